The van der Waals surface area contributed by atoms with E-state index in [1.807, 2.05) is 0 Å². The van der Waals surface area contributed by atoms with Crippen molar-refractivity contribution in [2.45, 2.75) is 0 Å². The second kappa shape index (κ2) is 3.13. The maximum Gasteiger partial charge on any atom is 0.416 e. The minimum absolute atomic E-state index is 0.0486. The van der Waals surface area contributed by atoms with Crippen LogP contribution >= 0.6 is 0 Å². The van der Waals surface area contributed by atoms with Crippen LogP contribution in [0, 0.1) is 6.07 Å². The summed E-state index contributed by atoms with van der Waals surface area (Å²) in [6.45, 7) is 0. The highest BCUT2D eigenvalue weighted by Gasteiger charge is 2.13. The van der Waals surface area contributed by atoms with Gasteiger partial charge in [0.2, 0.25) is 0 Å². The topological polar surface area (TPSA) is 79.5 Å². The van der Waals surface area contributed by atoms with Crippen molar-refractivity contribution >= 4 is 23.0 Å². The van der Waals surface area contributed by atoms with Gasteiger partial charge in [-0.25, -0.2) is 9.59 Å². The molecule has 75 valence electrons. The average molecular weight is 204 g/mol. The normalized spacial score (nSPS) is 10.4. The molecule has 15 heavy (non-hydrogen) atoms. The van der Waals surface area contributed by atoms with Gasteiger partial charge in [-0.1, -0.05) is 6.07 Å². The van der Waals surface area contributed by atoms with E-state index in [1.54, 1.807) is 0 Å². The van der Waals surface area contributed by atoms with Crippen molar-refractivity contribution < 1.29 is 19.8 Å². The van der Waals surface area contributed by atoms with Crippen LogP contribution in [0.15, 0.2) is 24.4 Å². The van der Waals surface area contributed by atoms with Crippen LogP contribution in [0.2, 0.25) is 0 Å². The summed E-state index contributed by atoms with van der Waals surface area (Å²) in [4.78, 5) is 21.6. The summed E-state index contributed by atoms with van der Waals surface area (Å²) in [5.74, 6) is -1.10. The molecule has 5 heteroatoms. The largest absolute Gasteiger partial charge is 0.478 e. The minimum Gasteiger partial charge on any atom is -0.478 e. The molecule has 2 N–H and O–H groups in total. The van der Waals surface area contributed by atoms with Crippen LogP contribution in [0.3, 0.4) is 0 Å². The molecular formula is C10H6NO4. The van der Waals surface area contributed by atoms with Gasteiger partial charge in [0.1, 0.15) is 0 Å². The molecule has 0 aliphatic heterocycles. The molecule has 0 fully saturated rings. The van der Waals surface area contributed by atoms with E-state index in [9.17, 15) is 9.59 Å². The van der Waals surface area contributed by atoms with Crippen LogP contribution in [0.25, 0.3) is 10.9 Å². The van der Waals surface area contributed by atoms with Crippen molar-refractivity contribution in [3.63, 3.8) is 0 Å². The van der Waals surface area contributed by atoms with Gasteiger partial charge < -0.3 is 10.2 Å². The molecule has 0 unspecified atom stereocenters. The smallest absolute Gasteiger partial charge is 0.416 e. The quantitative estimate of drug-likeness (QED) is 0.740. The van der Waals surface area contributed by atoms with Crippen molar-refractivity contribution in [1.29, 1.82) is 0 Å². The zero-order valence-corrected chi connectivity index (χ0v) is 7.47. The standard InChI is InChI=1S/C10H6NO4/c12-9(13)7-2-1-3-8-6(7)4-5-11(8)10(14)15/h1-3,5H,(H,12,13)(H,14,15). The highest BCUT2D eigenvalue weighted by atomic mass is 16.4. The number of nitrogens with zero attached hydrogens (tertiary/aromatic N) is 1. The first kappa shape index (κ1) is 9.26. The number of fused-ring (bicyclic) bond motifs is 1. The first-order valence-electron chi connectivity index (χ1n) is 4.09. The molecule has 0 atom stereocenters. The molecule has 1 heterocycles. The Bertz CT molecular complexity index is 556. The fourth-order valence-electron chi connectivity index (χ4n) is 1.43. The number of benzene rings is 1. The van der Waals surface area contributed by atoms with Crippen LogP contribution in [-0.4, -0.2) is 26.8 Å². The average Bonchev–Trinajstić information content (AvgIpc) is 2.59. The zero-order chi connectivity index (χ0) is 11.0. The van der Waals surface area contributed by atoms with Crippen LogP contribution in [0.1, 0.15) is 10.4 Å². The van der Waals surface area contributed by atoms with Gasteiger partial charge in [0.15, 0.2) is 0 Å². The highest BCUT2D eigenvalue weighted by molar-refractivity contribution is 6.04. The van der Waals surface area contributed by atoms with Crippen molar-refractivity contribution in [3.8, 4) is 0 Å². The second-order valence-corrected chi connectivity index (χ2v) is 2.93. The first-order valence-corrected chi connectivity index (χ1v) is 4.09. The maximum atomic E-state index is 10.8. The lowest BCUT2D eigenvalue weighted by atomic mass is 10.1. The van der Waals surface area contributed by atoms with Gasteiger partial charge in [-0.15, -0.1) is 0 Å². The Morgan fingerprint density at radius 2 is 2.00 bits per heavy atom. The number of carboxylic acids is 1. The lowest BCUT2D eigenvalue weighted by Gasteiger charge is -1.99. The third-order valence-corrected chi connectivity index (χ3v) is 2.08. The molecule has 0 aliphatic rings. The van der Waals surface area contributed by atoms with Gasteiger partial charge in [-0.05, 0) is 12.1 Å². The lowest BCUT2D eigenvalue weighted by molar-refractivity contribution is 0.0699. The van der Waals surface area contributed by atoms with Crippen molar-refractivity contribution in [2.75, 3.05) is 0 Å². The monoisotopic (exact) mass is 204 g/mol. The molecule has 0 spiro atoms. The van der Waals surface area contributed by atoms with Gasteiger partial charge in [0.05, 0.1) is 11.1 Å². The van der Waals surface area contributed by atoms with E-state index >= 15 is 0 Å². The third-order valence-electron chi connectivity index (χ3n) is 2.08. The van der Waals surface area contributed by atoms with E-state index in [1.165, 1.54) is 24.4 Å². The summed E-state index contributed by atoms with van der Waals surface area (Å²) in [5, 5.41) is 17.9. The van der Waals surface area contributed by atoms with E-state index < -0.39 is 12.1 Å². The van der Waals surface area contributed by atoms with Crippen LogP contribution in [-0.2, 0) is 0 Å². The predicted octanol–water partition coefficient (Wildman–Crippen LogP) is 1.67. The fraction of sp³-hybridized carbons (Fsp3) is 0. The highest BCUT2D eigenvalue weighted by Crippen LogP contribution is 2.19. The van der Waals surface area contributed by atoms with Crippen LogP contribution in [0.4, 0.5) is 4.79 Å². The number of hydrogen-bond acceptors (Lipinski definition) is 2. The molecule has 1 radical (unpaired) electrons. The summed E-state index contributed by atoms with van der Waals surface area (Å²) < 4.78 is 0.932. The molecule has 5 nitrogen and oxygen atoms in total. The Hall–Kier alpha value is -2.30. The Balaban J connectivity index is 2.80. The van der Waals surface area contributed by atoms with Gasteiger partial charge in [0.25, 0.3) is 0 Å². The fourth-order valence-corrected chi connectivity index (χ4v) is 1.43. The van der Waals surface area contributed by atoms with E-state index in [0.717, 1.165) is 4.57 Å². The summed E-state index contributed by atoms with van der Waals surface area (Å²) >= 11 is 0. The number of hydrogen-bond donors (Lipinski definition) is 2. The third kappa shape index (κ3) is 1.34. The van der Waals surface area contributed by atoms with E-state index in [-0.39, 0.29) is 5.56 Å². The lowest BCUT2D eigenvalue weighted by Crippen LogP contribution is -2.06. The molecule has 1 aromatic heterocycles. The molecule has 0 saturated carbocycles. The minimum atomic E-state index is -1.16. The summed E-state index contributed by atoms with van der Waals surface area (Å²) in [6, 6.07) is 7.06. The summed E-state index contributed by atoms with van der Waals surface area (Å²) in [5.41, 5.74) is 0.370. The number of carbonyl (C=O) groups is 2. The molecule has 2 aromatic rings. The molecule has 1 aromatic carbocycles. The number of aromatic carboxylic acids is 1. The SMILES string of the molecule is O=C(O)c1cccc2c1[c]cn2C(=O)O. The van der Waals surface area contributed by atoms with E-state index in [4.69, 9.17) is 10.2 Å². The van der Waals surface area contributed by atoms with Crippen molar-refractivity contribution in [3.05, 3.63) is 36.0 Å². The number of aromatic nitrogens is 1. The maximum absolute atomic E-state index is 10.8. The van der Waals surface area contributed by atoms with Gasteiger partial charge in [-0.2, -0.15) is 0 Å². The van der Waals surface area contributed by atoms with Gasteiger partial charge in [-0.3, -0.25) is 4.57 Å². The zero-order valence-electron chi connectivity index (χ0n) is 7.47. The van der Waals surface area contributed by atoms with Crippen molar-refractivity contribution in [1.82, 2.24) is 4.57 Å². The molecule has 0 amide bonds. The predicted molar refractivity (Wildman–Crippen MR) is 51.2 cm³/mol. The molecular weight excluding hydrogens is 198 g/mol. The van der Waals surface area contributed by atoms with Crippen LogP contribution in [0.5, 0.6) is 0 Å². The Morgan fingerprint density at radius 3 is 2.60 bits per heavy atom. The second-order valence-electron chi connectivity index (χ2n) is 2.93. The van der Waals surface area contributed by atoms with Crippen molar-refractivity contribution in [2.24, 2.45) is 0 Å². The molecule has 0 aliphatic carbocycles. The molecule has 0 saturated heterocycles. The summed E-state index contributed by atoms with van der Waals surface area (Å²) in [6.07, 6.45) is 0.0446. The van der Waals surface area contributed by atoms with Gasteiger partial charge >= 0.3 is 12.1 Å². The van der Waals surface area contributed by atoms with E-state index in [2.05, 4.69) is 6.07 Å². The first-order chi connectivity index (χ1) is 7.11. The van der Waals surface area contributed by atoms with E-state index in [0.29, 0.717) is 10.9 Å². The molecule has 2 rings (SSSR count). The molecule has 0 bridgehead atoms. The van der Waals surface area contributed by atoms with Gasteiger partial charge in [0, 0.05) is 17.6 Å². The Morgan fingerprint density at radius 1 is 1.27 bits per heavy atom. The number of rotatable bonds is 1. The number of carboxylic acid groups (broad SMARTS) is 2. The summed E-state index contributed by atoms with van der Waals surface area (Å²) in [7, 11) is 0. The Kier molecular flexibility index (Phi) is 1.93. The van der Waals surface area contributed by atoms with Crippen LogP contribution < -0.4 is 0 Å². The Labute approximate surface area is 84.2 Å².